The molecule has 0 amide bonds. The largest absolute Gasteiger partial charge is 0.512 e. The predicted molar refractivity (Wildman–Crippen MR) is 183 cm³/mol. The summed E-state index contributed by atoms with van der Waals surface area (Å²) in [5.41, 5.74) is 8.81. The van der Waals surface area contributed by atoms with Crippen LogP contribution in [-0.2, 0) is 30.3 Å². The second-order valence-electron chi connectivity index (χ2n) is 13.0. The van der Waals surface area contributed by atoms with E-state index in [4.69, 9.17) is 15.2 Å². The molecule has 45 heavy (non-hydrogen) atoms. The Morgan fingerprint density at radius 3 is 2.09 bits per heavy atom. The van der Waals surface area contributed by atoms with Crippen LogP contribution < -0.4 is 0 Å². The van der Waals surface area contributed by atoms with Crippen LogP contribution in [0.25, 0.3) is 22.5 Å². The van der Waals surface area contributed by atoms with Crippen molar-refractivity contribution in [2.45, 2.75) is 113 Å². The van der Waals surface area contributed by atoms with Gasteiger partial charge in [0, 0.05) is 61.2 Å². The summed E-state index contributed by atoms with van der Waals surface area (Å²) in [5.74, 6) is 0.772. The quantitative estimate of drug-likeness (QED) is 0.126. The van der Waals surface area contributed by atoms with Gasteiger partial charge in [-0.15, -0.1) is 34.9 Å². The first-order chi connectivity index (χ1) is 20.7. The maximum atomic E-state index is 11.7. The van der Waals surface area contributed by atoms with Gasteiger partial charge in [-0.2, -0.15) is 5.26 Å². The molecular formula is C39H52IrN3O2-. The van der Waals surface area contributed by atoms with Crippen LogP contribution in [0.4, 0.5) is 0 Å². The molecule has 5 nitrogen and oxygen atoms in total. The number of nitriles is 1. The summed E-state index contributed by atoms with van der Waals surface area (Å²) in [5, 5.41) is 18.9. The van der Waals surface area contributed by atoms with Gasteiger partial charge in [0.1, 0.15) is 0 Å². The standard InChI is InChI=1S/C26H28N3.C13H24O2.Ir/c1-16(2)24-25(20-10-17(3)11-21(13-20)26(5,6)7)28-15-23(29-24)22-9-8-19(14-27)12-18(22)4;1-5-10(6-2)12(14)9-13(15)11(7-3)8-4;/h8-9,11-13,15-16H,1-7H3;9-11,14H,5-8H2,1-4H3;/q-1;;/b;12-9-;. The van der Waals surface area contributed by atoms with Gasteiger partial charge in [0.05, 0.1) is 23.1 Å². The van der Waals surface area contributed by atoms with E-state index in [-0.39, 0.29) is 54.8 Å². The van der Waals surface area contributed by atoms with Crippen LogP contribution in [0.5, 0.6) is 0 Å². The smallest absolute Gasteiger partial charge is 0.162 e. The number of hydrogen-bond acceptors (Lipinski definition) is 5. The van der Waals surface area contributed by atoms with Crippen LogP contribution in [0.1, 0.15) is 122 Å². The number of aliphatic hydroxyl groups is 1. The van der Waals surface area contributed by atoms with Gasteiger partial charge in [-0.05, 0) is 61.6 Å². The molecule has 245 valence electrons. The van der Waals surface area contributed by atoms with E-state index in [9.17, 15) is 9.90 Å². The fraction of sp³-hybridized carbons (Fsp3) is 0.487. The molecule has 0 atom stereocenters. The van der Waals surface area contributed by atoms with Gasteiger partial charge in [0.15, 0.2) is 5.78 Å². The average Bonchev–Trinajstić information content (AvgIpc) is 2.97. The molecule has 3 rings (SSSR count). The number of benzene rings is 2. The molecular weight excluding hydrogens is 735 g/mol. The van der Waals surface area contributed by atoms with Gasteiger partial charge in [0.2, 0.25) is 0 Å². The second kappa shape index (κ2) is 18.1. The molecule has 0 aliphatic rings. The minimum Gasteiger partial charge on any atom is -0.512 e. The Morgan fingerprint density at radius 2 is 1.60 bits per heavy atom. The molecule has 3 aromatic rings. The van der Waals surface area contributed by atoms with E-state index in [1.807, 2.05) is 59.0 Å². The SMILES string of the molecule is CCC(CC)C(=O)/C=C(\O)C(CC)CC.Cc1[c-]c(-c2ncc(-c3ccc(C#N)cc3C)nc2C(C)C)cc(C(C)(C)C)c1.[Ir]. The summed E-state index contributed by atoms with van der Waals surface area (Å²) in [7, 11) is 0. The van der Waals surface area contributed by atoms with Gasteiger partial charge < -0.3 is 10.1 Å². The summed E-state index contributed by atoms with van der Waals surface area (Å²) >= 11 is 0. The molecule has 1 radical (unpaired) electrons. The van der Waals surface area contributed by atoms with Gasteiger partial charge in [0.25, 0.3) is 0 Å². The zero-order valence-electron chi connectivity index (χ0n) is 29.1. The van der Waals surface area contributed by atoms with Gasteiger partial charge >= 0.3 is 0 Å². The van der Waals surface area contributed by atoms with Crippen LogP contribution >= 0.6 is 0 Å². The third kappa shape index (κ3) is 11.0. The average molecular weight is 787 g/mol. The van der Waals surface area contributed by atoms with Crippen molar-refractivity contribution in [2.24, 2.45) is 11.8 Å². The summed E-state index contributed by atoms with van der Waals surface area (Å²) in [6.07, 6.45) is 6.74. The number of rotatable bonds is 10. The summed E-state index contributed by atoms with van der Waals surface area (Å²) in [6.45, 7) is 23.1. The van der Waals surface area contributed by atoms with E-state index >= 15 is 0 Å². The summed E-state index contributed by atoms with van der Waals surface area (Å²) in [6, 6.07) is 15.7. The predicted octanol–water partition coefficient (Wildman–Crippen LogP) is 10.4. The number of aliphatic hydroxyl groups excluding tert-OH is 1. The van der Waals surface area contributed by atoms with Gasteiger partial charge in [-0.1, -0.05) is 75.3 Å². The van der Waals surface area contributed by atoms with E-state index in [1.165, 1.54) is 11.6 Å². The minimum absolute atomic E-state index is 0. The topological polar surface area (TPSA) is 86.9 Å². The summed E-state index contributed by atoms with van der Waals surface area (Å²) in [4.78, 5) is 21.5. The Morgan fingerprint density at radius 1 is 1.00 bits per heavy atom. The molecule has 1 N–H and O–H groups in total. The van der Waals surface area contributed by atoms with Gasteiger partial charge in [-0.25, -0.2) is 0 Å². The van der Waals surface area contributed by atoms with Crippen LogP contribution in [0.15, 0.2) is 48.4 Å². The molecule has 0 bridgehead atoms. The van der Waals surface area contributed by atoms with Crippen molar-refractivity contribution in [3.8, 4) is 28.6 Å². The maximum absolute atomic E-state index is 11.7. The number of carbonyl (C=O) groups is 1. The molecule has 0 aliphatic carbocycles. The van der Waals surface area contributed by atoms with Crippen molar-refractivity contribution < 1.29 is 30.0 Å². The Bertz CT molecular complexity index is 1490. The molecule has 0 aliphatic heterocycles. The maximum Gasteiger partial charge on any atom is 0.162 e. The first-order valence-electron chi connectivity index (χ1n) is 16.1. The molecule has 0 spiro atoms. The van der Waals surface area contributed by atoms with Crippen molar-refractivity contribution in [1.29, 1.82) is 5.26 Å². The van der Waals surface area contributed by atoms with Crippen LogP contribution in [0.3, 0.4) is 0 Å². The first-order valence-corrected chi connectivity index (χ1v) is 16.1. The fourth-order valence-corrected chi connectivity index (χ4v) is 5.22. The van der Waals surface area contributed by atoms with Gasteiger partial charge in [-0.3, -0.25) is 9.78 Å². The molecule has 0 saturated carbocycles. The van der Waals surface area contributed by atoms with E-state index in [1.54, 1.807) is 0 Å². The third-order valence-electron chi connectivity index (χ3n) is 8.18. The number of hydrogen-bond donors (Lipinski definition) is 1. The molecule has 2 aromatic carbocycles. The Balaban J connectivity index is 0.000000541. The third-order valence-corrected chi connectivity index (χ3v) is 8.18. The van der Waals surface area contributed by atoms with Crippen molar-refractivity contribution in [2.75, 3.05) is 0 Å². The number of carbonyl (C=O) groups excluding carboxylic acids is 1. The molecule has 1 aromatic heterocycles. The normalized spacial score (nSPS) is 11.6. The van der Waals surface area contributed by atoms with E-state index in [2.05, 4.69) is 65.8 Å². The molecule has 0 unspecified atom stereocenters. The van der Waals surface area contributed by atoms with Crippen molar-refractivity contribution in [3.63, 3.8) is 0 Å². The fourth-order valence-electron chi connectivity index (χ4n) is 5.22. The Hall–Kier alpha value is -3.13. The molecule has 0 fully saturated rings. The summed E-state index contributed by atoms with van der Waals surface area (Å²) < 4.78 is 0. The minimum atomic E-state index is 0. The van der Waals surface area contributed by atoms with Crippen LogP contribution in [0, 0.1) is 43.1 Å². The zero-order valence-corrected chi connectivity index (χ0v) is 31.5. The Kier molecular flexibility index (Phi) is 16.1. The number of nitrogens with zero attached hydrogens (tertiary/aromatic N) is 3. The zero-order chi connectivity index (χ0) is 33.2. The van der Waals surface area contributed by atoms with E-state index in [0.717, 1.165) is 65.0 Å². The number of allylic oxidation sites excluding steroid dienone is 2. The number of aryl methyl sites for hydroxylation is 2. The van der Waals surface area contributed by atoms with Crippen LogP contribution in [-0.4, -0.2) is 20.9 Å². The second-order valence-corrected chi connectivity index (χ2v) is 13.0. The van der Waals surface area contributed by atoms with Crippen molar-refractivity contribution in [3.05, 3.63) is 82.4 Å². The van der Waals surface area contributed by atoms with E-state index < -0.39 is 0 Å². The molecule has 6 heteroatoms. The van der Waals surface area contributed by atoms with Crippen molar-refractivity contribution in [1.82, 2.24) is 9.97 Å². The van der Waals surface area contributed by atoms with E-state index in [0.29, 0.717) is 5.56 Å². The number of ketones is 1. The van der Waals surface area contributed by atoms with Crippen LogP contribution in [0.2, 0.25) is 0 Å². The van der Waals surface area contributed by atoms with Crippen molar-refractivity contribution >= 4 is 5.78 Å². The molecule has 0 saturated heterocycles. The molecule has 1 heterocycles. The monoisotopic (exact) mass is 787 g/mol. The Labute approximate surface area is 286 Å². The number of aromatic nitrogens is 2. The first kappa shape index (κ1) is 39.9.